The predicted octanol–water partition coefficient (Wildman–Crippen LogP) is 2.64. The van der Waals surface area contributed by atoms with E-state index in [9.17, 15) is 24.3 Å². The molecule has 0 bridgehead atoms. The van der Waals surface area contributed by atoms with Crippen molar-refractivity contribution in [2.45, 2.75) is 70.0 Å². The number of carbonyl (C=O) groups is 4. The van der Waals surface area contributed by atoms with Crippen molar-refractivity contribution < 1.29 is 33.8 Å². The summed E-state index contributed by atoms with van der Waals surface area (Å²) in [6.45, 7) is 6.83. The Morgan fingerprint density at radius 3 is 2.36 bits per heavy atom. The van der Waals surface area contributed by atoms with Gasteiger partial charge in [-0.05, 0) is 51.1 Å². The molecule has 11 nitrogen and oxygen atoms in total. The van der Waals surface area contributed by atoms with Gasteiger partial charge in [0.05, 0.1) is 18.0 Å². The summed E-state index contributed by atoms with van der Waals surface area (Å²) in [5.74, 6) is -1.05. The molecule has 1 aliphatic heterocycles. The van der Waals surface area contributed by atoms with Gasteiger partial charge in [0.2, 0.25) is 11.8 Å². The molecular formula is C35H44N4O7S. The lowest BCUT2D eigenvalue weighted by molar-refractivity contribution is -0.147. The zero-order chi connectivity index (χ0) is 34.1. The highest BCUT2D eigenvalue weighted by Gasteiger charge is 2.41. The summed E-state index contributed by atoms with van der Waals surface area (Å²) in [4.78, 5) is 54.9. The SMILES string of the molecule is COC(C)C(NC(=O)COc1cccc2ccccc12)C(=O)N[C@@H](Cc1ccccc1)[C@H](O)C(=O)N1CSC[C@H]1C(=O)NC(C)(C)C. The first-order valence-corrected chi connectivity index (χ1v) is 16.7. The molecule has 4 N–H and O–H groups in total. The molecule has 4 rings (SSSR count). The maximum atomic E-state index is 13.8. The molecule has 5 atom stereocenters. The number of hydrogen-bond donors (Lipinski definition) is 4. The molecule has 3 aromatic carbocycles. The maximum Gasteiger partial charge on any atom is 0.258 e. The summed E-state index contributed by atoms with van der Waals surface area (Å²) >= 11 is 1.41. The van der Waals surface area contributed by atoms with E-state index in [0.29, 0.717) is 11.5 Å². The third-order valence-corrected chi connectivity index (χ3v) is 8.79. The van der Waals surface area contributed by atoms with Crippen LogP contribution in [-0.2, 0) is 30.3 Å². The molecule has 1 saturated heterocycles. The number of hydrogen-bond acceptors (Lipinski definition) is 8. The average Bonchev–Trinajstić information content (AvgIpc) is 3.55. The first-order chi connectivity index (χ1) is 22.4. The number of aliphatic hydroxyl groups is 1. The van der Waals surface area contributed by atoms with Gasteiger partial charge in [0.25, 0.3) is 11.8 Å². The number of nitrogens with one attached hydrogen (secondary N) is 3. The lowest BCUT2D eigenvalue weighted by Crippen LogP contribution is -2.61. The molecule has 1 heterocycles. The average molecular weight is 665 g/mol. The fourth-order valence-corrected chi connectivity index (χ4v) is 6.43. The summed E-state index contributed by atoms with van der Waals surface area (Å²) in [6.07, 6.45) is -2.32. The quantitative estimate of drug-likeness (QED) is 0.218. The van der Waals surface area contributed by atoms with E-state index in [1.54, 1.807) is 13.0 Å². The Hall–Kier alpha value is -4.13. The van der Waals surface area contributed by atoms with Gasteiger partial charge in [-0.3, -0.25) is 19.2 Å². The monoisotopic (exact) mass is 664 g/mol. The molecule has 0 aliphatic carbocycles. The van der Waals surface area contributed by atoms with Crippen molar-refractivity contribution in [3.05, 3.63) is 78.4 Å². The first kappa shape index (κ1) is 35.7. The van der Waals surface area contributed by atoms with E-state index >= 15 is 0 Å². The van der Waals surface area contributed by atoms with Crippen molar-refractivity contribution in [1.29, 1.82) is 0 Å². The van der Waals surface area contributed by atoms with Crippen LogP contribution in [0.1, 0.15) is 33.3 Å². The van der Waals surface area contributed by atoms with Gasteiger partial charge in [0, 0.05) is 23.8 Å². The molecular weight excluding hydrogens is 620 g/mol. The van der Waals surface area contributed by atoms with Gasteiger partial charge in [-0.2, -0.15) is 0 Å². The lowest BCUT2D eigenvalue weighted by atomic mass is 9.98. The van der Waals surface area contributed by atoms with Crippen molar-refractivity contribution in [3.63, 3.8) is 0 Å². The summed E-state index contributed by atoms with van der Waals surface area (Å²) in [7, 11) is 1.41. The first-order valence-electron chi connectivity index (χ1n) is 15.5. The van der Waals surface area contributed by atoms with Crippen LogP contribution in [0, 0.1) is 0 Å². The van der Waals surface area contributed by atoms with Gasteiger partial charge in [0.1, 0.15) is 17.8 Å². The van der Waals surface area contributed by atoms with Crippen LogP contribution in [-0.4, -0.2) is 94.9 Å². The van der Waals surface area contributed by atoms with Gasteiger partial charge >= 0.3 is 0 Å². The smallest absolute Gasteiger partial charge is 0.258 e. The Labute approximate surface area is 279 Å². The molecule has 12 heteroatoms. The Balaban J connectivity index is 1.49. The minimum absolute atomic E-state index is 0.117. The summed E-state index contributed by atoms with van der Waals surface area (Å²) in [5.41, 5.74) is 0.269. The van der Waals surface area contributed by atoms with Crippen molar-refractivity contribution in [3.8, 4) is 5.75 Å². The summed E-state index contributed by atoms with van der Waals surface area (Å²) in [6, 6.07) is 19.3. The van der Waals surface area contributed by atoms with Crippen LogP contribution in [0.15, 0.2) is 72.8 Å². The minimum atomic E-state index is -1.67. The zero-order valence-electron chi connectivity index (χ0n) is 27.4. The number of fused-ring (bicyclic) bond motifs is 1. The Morgan fingerprint density at radius 1 is 0.979 bits per heavy atom. The second-order valence-corrected chi connectivity index (χ2v) is 13.6. The fourth-order valence-electron chi connectivity index (χ4n) is 5.27. The van der Waals surface area contributed by atoms with Gasteiger partial charge in [-0.25, -0.2) is 0 Å². The second kappa shape index (κ2) is 16.1. The summed E-state index contributed by atoms with van der Waals surface area (Å²) in [5, 5.41) is 21.6. The van der Waals surface area contributed by atoms with Gasteiger partial charge in [-0.1, -0.05) is 66.7 Å². The fraction of sp³-hybridized carbons (Fsp3) is 0.429. The molecule has 2 unspecified atom stereocenters. The van der Waals surface area contributed by atoms with E-state index in [1.807, 2.05) is 87.5 Å². The molecule has 1 fully saturated rings. The molecule has 0 radical (unpaired) electrons. The highest BCUT2D eigenvalue weighted by molar-refractivity contribution is 7.99. The molecule has 47 heavy (non-hydrogen) atoms. The number of rotatable bonds is 13. The van der Waals surface area contributed by atoms with Crippen molar-refractivity contribution >= 4 is 46.2 Å². The lowest BCUT2D eigenvalue weighted by Gasteiger charge is -2.32. The highest BCUT2D eigenvalue weighted by atomic mass is 32.2. The van der Waals surface area contributed by atoms with E-state index in [0.717, 1.165) is 16.3 Å². The number of benzene rings is 3. The normalized spacial score (nSPS) is 17.3. The number of carbonyl (C=O) groups excluding carboxylic acids is 4. The zero-order valence-corrected chi connectivity index (χ0v) is 28.2. The van der Waals surface area contributed by atoms with Crippen LogP contribution in [0.3, 0.4) is 0 Å². The van der Waals surface area contributed by atoms with Gasteiger partial charge in [-0.15, -0.1) is 11.8 Å². The van der Waals surface area contributed by atoms with Crippen LogP contribution in [0.25, 0.3) is 10.8 Å². The molecule has 0 aromatic heterocycles. The summed E-state index contributed by atoms with van der Waals surface area (Å²) < 4.78 is 11.2. The highest BCUT2D eigenvalue weighted by Crippen LogP contribution is 2.26. The molecule has 0 spiro atoms. The van der Waals surface area contributed by atoms with Crippen LogP contribution in [0.2, 0.25) is 0 Å². The van der Waals surface area contributed by atoms with E-state index in [1.165, 1.54) is 23.8 Å². The van der Waals surface area contributed by atoms with Gasteiger partial charge in [0.15, 0.2) is 12.7 Å². The van der Waals surface area contributed by atoms with Crippen LogP contribution >= 0.6 is 11.8 Å². The number of thioether (sulfide) groups is 1. The van der Waals surface area contributed by atoms with E-state index < -0.39 is 53.6 Å². The standard InChI is InChI=1S/C35H44N4O7S/c1-22(45-5)30(37-29(40)19-46-28-17-11-15-24-14-9-10-16-25(24)28)33(43)36-26(18-23-12-7-6-8-13-23)31(41)34(44)39-21-47-20-27(39)32(42)38-35(2,3)4/h6-17,22,26-27,30-31,41H,18-21H2,1-5H3,(H,36,43)(H,37,40)(H,38,42)/t22?,26-,27-,30?,31-/m0/s1. The number of aliphatic hydroxyl groups excluding tert-OH is 1. The Bertz CT molecular complexity index is 1540. The molecule has 4 amide bonds. The molecule has 252 valence electrons. The largest absolute Gasteiger partial charge is 0.483 e. The van der Waals surface area contributed by atoms with E-state index in [-0.39, 0.29) is 24.8 Å². The van der Waals surface area contributed by atoms with Gasteiger partial charge < -0.3 is 35.4 Å². The number of nitrogens with zero attached hydrogens (tertiary/aromatic N) is 1. The minimum Gasteiger partial charge on any atom is -0.483 e. The number of amides is 4. The Kier molecular flexibility index (Phi) is 12.3. The maximum absolute atomic E-state index is 13.8. The van der Waals surface area contributed by atoms with E-state index in [2.05, 4.69) is 16.0 Å². The van der Waals surface area contributed by atoms with Crippen molar-refractivity contribution in [1.82, 2.24) is 20.9 Å². The van der Waals surface area contributed by atoms with Crippen LogP contribution in [0.4, 0.5) is 0 Å². The molecule has 0 saturated carbocycles. The van der Waals surface area contributed by atoms with Crippen molar-refractivity contribution in [2.24, 2.45) is 0 Å². The number of ether oxygens (including phenoxy) is 2. The van der Waals surface area contributed by atoms with Crippen LogP contribution < -0.4 is 20.7 Å². The molecule has 3 aromatic rings. The topological polar surface area (TPSA) is 146 Å². The third kappa shape index (κ3) is 9.69. The predicted molar refractivity (Wildman–Crippen MR) is 182 cm³/mol. The Morgan fingerprint density at radius 2 is 1.66 bits per heavy atom. The number of methoxy groups -OCH3 is 1. The molecule has 1 aliphatic rings. The third-order valence-electron chi connectivity index (χ3n) is 7.78. The second-order valence-electron chi connectivity index (χ2n) is 12.6. The van der Waals surface area contributed by atoms with E-state index in [4.69, 9.17) is 9.47 Å². The van der Waals surface area contributed by atoms with Crippen molar-refractivity contribution in [2.75, 3.05) is 25.3 Å². The van der Waals surface area contributed by atoms with Crippen LogP contribution in [0.5, 0.6) is 5.75 Å².